The number of likely N-dealkylation sites (N-methyl/N-ethyl adjacent to an activating group) is 1. The van der Waals surface area contributed by atoms with Crippen LogP contribution in [0.2, 0.25) is 0 Å². The number of ether oxygens (including phenoxy) is 1. The molecule has 0 radical (unpaired) electrons. The third kappa shape index (κ3) is 2.94. The first-order valence-corrected chi connectivity index (χ1v) is 6.20. The summed E-state index contributed by atoms with van der Waals surface area (Å²) in [6, 6.07) is 10.2. The van der Waals surface area contributed by atoms with Crippen molar-refractivity contribution in [3.63, 3.8) is 0 Å². The Morgan fingerprint density at radius 1 is 1.21 bits per heavy atom. The van der Waals surface area contributed by atoms with E-state index >= 15 is 0 Å². The predicted octanol–water partition coefficient (Wildman–Crippen LogP) is 3.58. The fourth-order valence-corrected chi connectivity index (χ4v) is 2.34. The van der Waals surface area contributed by atoms with Gasteiger partial charge in [0.25, 0.3) is 0 Å². The molecule has 0 amide bonds. The molecule has 1 aromatic carbocycles. The van der Waals surface area contributed by atoms with Crippen molar-refractivity contribution in [1.82, 2.24) is 4.90 Å². The summed E-state index contributed by atoms with van der Waals surface area (Å²) < 4.78 is 11.6. The number of aryl methyl sites for hydroxylation is 1. The van der Waals surface area contributed by atoms with Crippen molar-refractivity contribution in [1.29, 1.82) is 0 Å². The van der Waals surface area contributed by atoms with Gasteiger partial charge in [0.1, 0.15) is 17.6 Å². The fraction of sp³-hybridized carbons (Fsp3) is 0.333. The van der Waals surface area contributed by atoms with Crippen LogP contribution in [0, 0.1) is 6.92 Å². The molecule has 3 rings (SSSR count). The molecular weight excluding hydrogens is 262 g/mol. The Morgan fingerprint density at radius 3 is 2.68 bits per heavy atom. The van der Waals surface area contributed by atoms with E-state index in [9.17, 15) is 0 Å². The Bertz CT molecular complexity index is 535. The maximum Gasteiger partial charge on any atom is 0.140 e. The lowest BCUT2D eigenvalue weighted by Crippen LogP contribution is -2.32. The van der Waals surface area contributed by atoms with Crippen LogP contribution in [0.4, 0.5) is 0 Å². The second-order valence-electron chi connectivity index (χ2n) is 4.92. The van der Waals surface area contributed by atoms with Crippen molar-refractivity contribution in [3.05, 3.63) is 53.5 Å². The van der Waals surface area contributed by atoms with E-state index in [0.717, 1.165) is 24.6 Å². The van der Waals surface area contributed by atoms with E-state index in [1.807, 2.05) is 18.2 Å². The summed E-state index contributed by atoms with van der Waals surface area (Å²) in [6.45, 7) is 3.82. The first kappa shape index (κ1) is 14.0. The lowest BCUT2D eigenvalue weighted by atomic mass is 10.1. The third-order valence-corrected chi connectivity index (χ3v) is 3.32. The molecular formula is C15H18ClNO2. The van der Waals surface area contributed by atoms with E-state index in [-0.39, 0.29) is 18.5 Å². The van der Waals surface area contributed by atoms with Crippen LogP contribution < -0.4 is 4.74 Å². The number of hydrogen-bond donors (Lipinski definition) is 0. The minimum absolute atomic E-state index is 0. The molecule has 0 N–H and O–H groups in total. The molecule has 3 nitrogen and oxygen atoms in total. The van der Waals surface area contributed by atoms with Gasteiger partial charge >= 0.3 is 0 Å². The Balaban J connectivity index is 0.00000133. The molecule has 102 valence electrons. The molecule has 2 heterocycles. The summed E-state index contributed by atoms with van der Waals surface area (Å²) in [5.74, 6) is 1.92. The molecule has 0 fully saturated rings. The molecule has 2 aromatic rings. The van der Waals surface area contributed by atoms with Gasteiger partial charge in [-0.05, 0) is 32.2 Å². The van der Waals surface area contributed by atoms with Crippen LogP contribution in [0.15, 0.2) is 41.0 Å². The Morgan fingerprint density at radius 2 is 1.95 bits per heavy atom. The molecule has 1 aliphatic heterocycles. The molecule has 1 aliphatic rings. The van der Waals surface area contributed by atoms with Gasteiger partial charge in [0, 0.05) is 12.1 Å². The third-order valence-electron chi connectivity index (χ3n) is 3.32. The topological polar surface area (TPSA) is 25.6 Å². The molecule has 0 spiro atoms. The van der Waals surface area contributed by atoms with Gasteiger partial charge < -0.3 is 9.15 Å². The van der Waals surface area contributed by atoms with Crippen molar-refractivity contribution in [2.45, 2.75) is 19.6 Å². The van der Waals surface area contributed by atoms with Crippen LogP contribution in [0.1, 0.15) is 23.0 Å². The van der Waals surface area contributed by atoms with Gasteiger partial charge in [-0.1, -0.05) is 17.7 Å². The average Bonchev–Trinajstić information content (AvgIpc) is 2.80. The maximum atomic E-state index is 6.06. The quantitative estimate of drug-likeness (QED) is 0.840. The van der Waals surface area contributed by atoms with Gasteiger partial charge in [0.15, 0.2) is 0 Å². The lowest BCUT2D eigenvalue weighted by molar-refractivity contribution is 0.120. The van der Waals surface area contributed by atoms with Crippen LogP contribution in [0.3, 0.4) is 0 Å². The van der Waals surface area contributed by atoms with E-state index in [4.69, 9.17) is 9.15 Å². The summed E-state index contributed by atoms with van der Waals surface area (Å²) >= 11 is 0. The molecule has 0 aliphatic carbocycles. The smallest absolute Gasteiger partial charge is 0.140 e. The normalized spacial score (nSPS) is 18.5. The number of rotatable bonds is 2. The second-order valence-corrected chi connectivity index (χ2v) is 4.92. The monoisotopic (exact) mass is 279 g/mol. The first-order chi connectivity index (χ1) is 8.72. The van der Waals surface area contributed by atoms with Crippen LogP contribution in [0.25, 0.3) is 0 Å². The van der Waals surface area contributed by atoms with Crippen molar-refractivity contribution in [2.75, 3.05) is 13.6 Å². The number of fused-ring (bicyclic) bond motifs is 1. The number of nitrogens with zero attached hydrogens (tertiary/aromatic N) is 1. The van der Waals surface area contributed by atoms with E-state index in [1.54, 1.807) is 6.26 Å². The molecule has 0 bridgehead atoms. The highest BCUT2D eigenvalue weighted by Crippen LogP contribution is 2.30. The maximum absolute atomic E-state index is 6.06. The summed E-state index contributed by atoms with van der Waals surface area (Å²) in [7, 11) is 2.08. The standard InChI is InChI=1S/C15H17NO2.ClH/c1-11-3-5-12(6-4-11)18-15-10-16(2)9-14-13(15)7-8-17-14;/h3-8,15H,9-10H2,1-2H3;1H. The molecule has 19 heavy (non-hydrogen) atoms. The fourth-order valence-electron chi connectivity index (χ4n) is 2.34. The highest BCUT2D eigenvalue weighted by molar-refractivity contribution is 5.85. The van der Waals surface area contributed by atoms with Gasteiger partial charge in [-0.3, -0.25) is 4.90 Å². The minimum Gasteiger partial charge on any atom is -0.484 e. The van der Waals surface area contributed by atoms with Crippen LogP contribution in [-0.2, 0) is 6.54 Å². The molecule has 1 atom stereocenters. The van der Waals surface area contributed by atoms with Crippen molar-refractivity contribution >= 4 is 12.4 Å². The SMILES string of the molecule is Cc1ccc(OC2CN(C)Cc3occc32)cc1.Cl. The van der Waals surface area contributed by atoms with E-state index in [0.29, 0.717) is 0 Å². The molecule has 4 heteroatoms. The predicted molar refractivity (Wildman–Crippen MR) is 76.8 cm³/mol. The number of hydrogen-bond acceptors (Lipinski definition) is 3. The molecule has 1 aromatic heterocycles. The average molecular weight is 280 g/mol. The zero-order valence-electron chi connectivity index (χ0n) is 11.1. The summed E-state index contributed by atoms with van der Waals surface area (Å²) in [5.41, 5.74) is 2.42. The number of benzene rings is 1. The molecule has 0 saturated carbocycles. The highest BCUT2D eigenvalue weighted by Gasteiger charge is 2.27. The van der Waals surface area contributed by atoms with Gasteiger partial charge in [0.05, 0.1) is 12.8 Å². The Hall–Kier alpha value is -1.45. The second kappa shape index (κ2) is 5.68. The van der Waals surface area contributed by atoms with E-state index < -0.39 is 0 Å². The van der Waals surface area contributed by atoms with E-state index in [1.165, 1.54) is 11.1 Å². The number of furan rings is 1. The van der Waals surface area contributed by atoms with Crippen LogP contribution in [-0.4, -0.2) is 18.5 Å². The minimum atomic E-state index is 0. The largest absolute Gasteiger partial charge is 0.484 e. The summed E-state index contributed by atoms with van der Waals surface area (Å²) in [5, 5.41) is 0. The highest BCUT2D eigenvalue weighted by atomic mass is 35.5. The van der Waals surface area contributed by atoms with Gasteiger partial charge in [-0.25, -0.2) is 0 Å². The summed E-state index contributed by atoms with van der Waals surface area (Å²) in [6.07, 6.45) is 1.80. The zero-order chi connectivity index (χ0) is 12.5. The number of halogens is 1. The van der Waals surface area contributed by atoms with Crippen molar-refractivity contribution < 1.29 is 9.15 Å². The van der Waals surface area contributed by atoms with Gasteiger partial charge in [-0.2, -0.15) is 0 Å². The first-order valence-electron chi connectivity index (χ1n) is 6.20. The summed E-state index contributed by atoms with van der Waals surface area (Å²) in [4.78, 5) is 2.21. The molecule has 1 unspecified atom stereocenters. The Labute approximate surface area is 119 Å². The van der Waals surface area contributed by atoms with Gasteiger partial charge in [-0.15, -0.1) is 12.4 Å². The van der Waals surface area contributed by atoms with Crippen molar-refractivity contribution in [2.24, 2.45) is 0 Å². The van der Waals surface area contributed by atoms with Crippen LogP contribution >= 0.6 is 12.4 Å². The zero-order valence-corrected chi connectivity index (χ0v) is 11.9. The van der Waals surface area contributed by atoms with Crippen molar-refractivity contribution in [3.8, 4) is 5.75 Å². The Kier molecular flexibility index (Phi) is 4.17. The van der Waals surface area contributed by atoms with Gasteiger partial charge in [0.2, 0.25) is 0 Å². The lowest BCUT2D eigenvalue weighted by Gasteiger charge is -2.29. The van der Waals surface area contributed by atoms with Crippen LogP contribution in [0.5, 0.6) is 5.75 Å². The molecule has 0 saturated heterocycles. The van der Waals surface area contributed by atoms with E-state index in [2.05, 4.69) is 31.0 Å².